The third-order valence-corrected chi connectivity index (χ3v) is 7.83. The van der Waals surface area contributed by atoms with E-state index in [9.17, 15) is 4.79 Å². The normalized spacial score (nSPS) is 16.7. The lowest BCUT2D eigenvalue weighted by Gasteiger charge is -2.13. The van der Waals surface area contributed by atoms with Crippen molar-refractivity contribution < 1.29 is 4.79 Å². The Morgan fingerprint density at radius 3 is 2.71 bits per heavy atom. The number of fused-ring (bicyclic) bond motifs is 3. The first kappa shape index (κ1) is 23.6. The largest absolute Gasteiger partial charge is 0.370 e. The van der Waals surface area contributed by atoms with Gasteiger partial charge in [-0.2, -0.15) is 0 Å². The minimum Gasteiger partial charge on any atom is -0.370 e. The van der Waals surface area contributed by atoms with E-state index >= 15 is 0 Å². The van der Waals surface area contributed by atoms with Crippen LogP contribution in [0.4, 0.5) is 0 Å². The van der Waals surface area contributed by atoms with E-state index in [0.29, 0.717) is 17.4 Å². The molecule has 0 fully saturated rings. The summed E-state index contributed by atoms with van der Waals surface area (Å²) in [5.41, 5.74) is 5.16. The van der Waals surface area contributed by atoms with Crippen molar-refractivity contribution in [1.29, 1.82) is 0 Å². The molecule has 8 nitrogen and oxygen atoms in total. The van der Waals surface area contributed by atoms with Crippen LogP contribution in [0.1, 0.15) is 52.1 Å². The molecule has 4 heterocycles. The summed E-state index contributed by atoms with van der Waals surface area (Å²) in [4.78, 5) is 21.4. The molecule has 1 amide bonds. The minimum atomic E-state index is -0.462. The second-order valence-electron chi connectivity index (χ2n) is 8.95. The van der Waals surface area contributed by atoms with Gasteiger partial charge >= 0.3 is 0 Å². The number of nitrogens with one attached hydrogen (secondary N) is 2. The molecule has 5 rings (SSSR count). The van der Waals surface area contributed by atoms with Crippen molar-refractivity contribution in [3.05, 3.63) is 74.4 Å². The number of thiophene rings is 1. The quantitative estimate of drug-likeness (QED) is 0.524. The molecular formula is C25H28ClN7OS. The topological polar surface area (TPSA) is 87.4 Å². The van der Waals surface area contributed by atoms with E-state index in [1.54, 1.807) is 11.3 Å². The second-order valence-corrected chi connectivity index (χ2v) is 10.6. The molecule has 2 aliphatic rings. The summed E-state index contributed by atoms with van der Waals surface area (Å²) >= 11 is 7.87. The average Bonchev–Trinajstić information content (AvgIpc) is 3.47. The molecule has 0 saturated carbocycles. The molecule has 2 N–H and O–H groups in total. The van der Waals surface area contributed by atoms with Gasteiger partial charge in [-0.3, -0.25) is 14.4 Å². The van der Waals surface area contributed by atoms with Gasteiger partial charge in [0.15, 0.2) is 5.82 Å². The number of carbonyl (C=O) groups excluding carboxylic acids is 1. The summed E-state index contributed by atoms with van der Waals surface area (Å²) in [6, 6.07) is 7.24. The molecule has 0 aliphatic carbocycles. The highest BCUT2D eigenvalue weighted by atomic mass is 35.5. The second kappa shape index (κ2) is 9.47. The van der Waals surface area contributed by atoms with Crippen LogP contribution in [-0.4, -0.2) is 51.5 Å². The number of aryl methyl sites for hydroxylation is 2. The Kier molecular flexibility index (Phi) is 6.37. The van der Waals surface area contributed by atoms with Crippen molar-refractivity contribution in [3.63, 3.8) is 0 Å². The van der Waals surface area contributed by atoms with E-state index < -0.39 is 6.04 Å². The number of carbonyl (C=O) groups is 1. The van der Waals surface area contributed by atoms with E-state index in [0.717, 1.165) is 46.5 Å². The summed E-state index contributed by atoms with van der Waals surface area (Å²) in [5, 5.41) is 16.9. The average molecular weight is 510 g/mol. The molecule has 3 aromatic rings. The number of hydrogen-bond donors (Lipinski definition) is 2. The number of amides is 1. The van der Waals surface area contributed by atoms with Gasteiger partial charge in [0.2, 0.25) is 5.91 Å². The zero-order chi connectivity index (χ0) is 24.7. The zero-order valence-electron chi connectivity index (χ0n) is 20.2. The Morgan fingerprint density at radius 2 is 2.00 bits per heavy atom. The van der Waals surface area contributed by atoms with Crippen molar-refractivity contribution in [2.24, 2.45) is 4.99 Å². The zero-order valence-corrected chi connectivity index (χ0v) is 21.8. The molecule has 0 spiro atoms. The SMILES string of the molecule is Cc1sc2c(c1C)C(c1ccc(Cl)cc1)=N[C@@H](CC(=O)NCCC1=CN(C)CN1)c1nnc(C)n1-2. The van der Waals surface area contributed by atoms with Gasteiger partial charge in [-0.05, 0) is 38.5 Å². The fourth-order valence-electron chi connectivity index (χ4n) is 4.45. The number of hydrogen-bond acceptors (Lipinski definition) is 7. The highest BCUT2D eigenvalue weighted by Crippen LogP contribution is 2.39. The number of benzene rings is 1. The van der Waals surface area contributed by atoms with Crippen LogP contribution in [0.25, 0.3) is 5.00 Å². The first-order chi connectivity index (χ1) is 16.8. The number of aliphatic imine (C=N–C) groups is 1. The van der Waals surface area contributed by atoms with Crippen LogP contribution >= 0.6 is 22.9 Å². The summed E-state index contributed by atoms with van der Waals surface area (Å²) < 4.78 is 2.06. The molecule has 0 unspecified atom stereocenters. The Bertz CT molecular complexity index is 1340. The van der Waals surface area contributed by atoms with Gasteiger partial charge in [-0.1, -0.05) is 23.7 Å². The number of aromatic nitrogens is 3. The van der Waals surface area contributed by atoms with E-state index in [1.807, 2.05) is 38.2 Å². The van der Waals surface area contributed by atoms with Gasteiger partial charge in [0.25, 0.3) is 0 Å². The standard InChI is InChI=1S/C25H28ClN7OS/c1-14-15(2)35-25-22(14)23(17-5-7-18(26)8-6-17)29-20(24-31-30-16(3)33(24)25)11-21(34)27-10-9-19-12-32(4)13-28-19/h5-8,12,20,28H,9-11,13H2,1-4H3,(H,27,34)/t20-/m0/s1. The molecule has 1 aromatic carbocycles. The molecule has 0 radical (unpaired) electrons. The molecule has 35 heavy (non-hydrogen) atoms. The molecule has 0 bridgehead atoms. The third-order valence-electron chi connectivity index (χ3n) is 6.38. The van der Waals surface area contributed by atoms with Gasteiger partial charge in [0.05, 0.1) is 18.8 Å². The predicted octanol–water partition coefficient (Wildman–Crippen LogP) is 4.03. The van der Waals surface area contributed by atoms with Crippen molar-refractivity contribution in [2.45, 2.75) is 39.7 Å². The summed E-state index contributed by atoms with van der Waals surface area (Å²) in [5.74, 6) is 1.40. The van der Waals surface area contributed by atoms with Gasteiger partial charge in [-0.15, -0.1) is 21.5 Å². The summed E-state index contributed by atoms with van der Waals surface area (Å²) in [6.45, 7) is 7.53. The van der Waals surface area contributed by atoms with Crippen LogP contribution in [0.3, 0.4) is 0 Å². The van der Waals surface area contributed by atoms with Crippen molar-refractivity contribution in [3.8, 4) is 5.00 Å². The maximum Gasteiger partial charge on any atom is 0.222 e. The van der Waals surface area contributed by atoms with Crippen LogP contribution in [0, 0.1) is 20.8 Å². The summed E-state index contributed by atoms with van der Waals surface area (Å²) in [7, 11) is 2.02. The highest BCUT2D eigenvalue weighted by Gasteiger charge is 2.32. The molecule has 10 heteroatoms. The lowest BCUT2D eigenvalue weighted by Crippen LogP contribution is -2.27. The fraction of sp³-hybridized carbons (Fsp3) is 0.360. The lowest BCUT2D eigenvalue weighted by molar-refractivity contribution is -0.121. The van der Waals surface area contributed by atoms with Crippen LogP contribution in [-0.2, 0) is 4.79 Å². The van der Waals surface area contributed by atoms with Gasteiger partial charge in [-0.25, -0.2) is 0 Å². The van der Waals surface area contributed by atoms with Crippen LogP contribution in [0.5, 0.6) is 0 Å². The van der Waals surface area contributed by atoms with Crippen LogP contribution < -0.4 is 10.6 Å². The van der Waals surface area contributed by atoms with Crippen molar-refractivity contribution >= 4 is 34.6 Å². The number of nitrogens with zero attached hydrogens (tertiary/aromatic N) is 5. The van der Waals surface area contributed by atoms with Gasteiger partial charge in [0, 0.05) is 52.9 Å². The van der Waals surface area contributed by atoms with Crippen molar-refractivity contribution in [1.82, 2.24) is 30.3 Å². The minimum absolute atomic E-state index is 0.0634. The Hall–Kier alpha value is -3.17. The maximum absolute atomic E-state index is 13.0. The summed E-state index contributed by atoms with van der Waals surface area (Å²) in [6.07, 6.45) is 3.01. The molecule has 2 aliphatic heterocycles. The van der Waals surface area contributed by atoms with E-state index in [1.165, 1.54) is 10.4 Å². The molecule has 2 aromatic heterocycles. The molecule has 182 valence electrons. The Balaban J connectivity index is 1.48. The first-order valence-electron chi connectivity index (χ1n) is 11.6. The van der Waals surface area contributed by atoms with E-state index in [-0.39, 0.29) is 12.3 Å². The van der Waals surface area contributed by atoms with E-state index in [2.05, 4.69) is 50.3 Å². The Labute approximate surface area is 213 Å². The van der Waals surface area contributed by atoms with E-state index in [4.69, 9.17) is 16.6 Å². The predicted molar refractivity (Wildman–Crippen MR) is 139 cm³/mol. The highest BCUT2D eigenvalue weighted by molar-refractivity contribution is 7.15. The monoisotopic (exact) mass is 509 g/mol. The van der Waals surface area contributed by atoms with Gasteiger partial charge in [0.1, 0.15) is 16.9 Å². The maximum atomic E-state index is 13.0. The van der Waals surface area contributed by atoms with Crippen molar-refractivity contribution in [2.75, 3.05) is 20.3 Å². The number of rotatable bonds is 6. The van der Waals surface area contributed by atoms with Gasteiger partial charge < -0.3 is 15.5 Å². The molecule has 1 atom stereocenters. The smallest absolute Gasteiger partial charge is 0.222 e. The van der Waals surface area contributed by atoms with Crippen LogP contribution in [0.15, 0.2) is 41.2 Å². The molecular weight excluding hydrogens is 482 g/mol. The lowest BCUT2D eigenvalue weighted by atomic mass is 9.99. The third kappa shape index (κ3) is 4.58. The number of halogens is 1. The van der Waals surface area contributed by atoms with Crippen LogP contribution in [0.2, 0.25) is 5.02 Å². The Morgan fingerprint density at radius 1 is 1.23 bits per heavy atom. The fourth-order valence-corrected chi connectivity index (χ4v) is 5.79. The first-order valence-corrected chi connectivity index (χ1v) is 12.8. The molecule has 0 saturated heterocycles.